The molecule has 152 valence electrons. The number of benzene rings is 3. The number of halogens is 2. The van der Waals surface area contributed by atoms with Gasteiger partial charge in [0.25, 0.3) is 0 Å². The molecule has 0 radical (unpaired) electrons. The summed E-state index contributed by atoms with van der Waals surface area (Å²) in [5, 5.41) is 11.8. The molecule has 3 aromatic carbocycles. The maximum Gasteiger partial charge on any atom is 0.232 e. The summed E-state index contributed by atoms with van der Waals surface area (Å²) in [6.07, 6.45) is 0. The Morgan fingerprint density at radius 3 is 2.39 bits per heavy atom. The zero-order chi connectivity index (χ0) is 21.8. The predicted molar refractivity (Wildman–Crippen MR) is 113 cm³/mol. The molecule has 1 heterocycles. The van der Waals surface area contributed by atoms with Crippen LogP contribution in [0, 0.1) is 23.0 Å². The molecule has 0 saturated carbocycles. The Morgan fingerprint density at radius 2 is 1.68 bits per heavy atom. The summed E-state index contributed by atoms with van der Waals surface area (Å²) in [4.78, 5) is 8.27. The highest BCUT2D eigenvalue weighted by atomic mass is 19.1. The van der Waals surface area contributed by atoms with E-state index in [4.69, 9.17) is 15.7 Å². The van der Waals surface area contributed by atoms with E-state index >= 15 is 0 Å². The number of nitriles is 1. The SMILES string of the molecule is N#Cc1ccc(Nc2nc(N)cc(Oc3ccc(-c4cccc(F)c4)cc3F)n2)cc1. The van der Waals surface area contributed by atoms with Gasteiger partial charge in [0.1, 0.15) is 11.6 Å². The van der Waals surface area contributed by atoms with Crippen molar-refractivity contribution in [1.29, 1.82) is 5.26 Å². The number of nitrogens with one attached hydrogen (secondary N) is 1. The average Bonchev–Trinajstić information content (AvgIpc) is 2.75. The number of hydrogen-bond acceptors (Lipinski definition) is 6. The molecule has 0 fully saturated rings. The lowest BCUT2D eigenvalue weighted by Gasteiger charge is -2.11. The first-order valence-corrected chi connectivity index (χ1v) is 9.15. The molecule has 4 aromatic rings. The minimum Gasteiger partial charge on any atom is -0.436 e. The predicted octanol–water partition coefficient (Wildman–Crippen LogP) is 5.41. The van der Waals surface area contributed by atoms with Gasteiger partial charge >= 0.3 is 0 Å². The van der Waals surface area contributed by atoms with E-state index in [1.165, 1.54) is 30.3 Å². The number of rotatable bonds is 5. The van der Waals surface area contributed by atoms with Crippen molar-refractivity contribution in [2.75, 3.05) is 11.1 Å². The van der Waals surface area contributed by atoms with Crippen LogP contribution in [0.2, 0.25) is 0 Å². The van der Waals surface area contributed by atoms with Gasteiger partial charge in [-0.25, -0.2) is 8.78 Å². The summed E-state index contributed by atoms with van der Waals surface area (Å²) in [6, 6.07) is 20.2. The van der Waals surface area contributed by atoms with Crippen molar-refractivity contribution in [3.8, 4) is 28.8 Å². The molecule has 0 aliphatic carbocycles. The standard InChI is InChI=1S/C23H15F2N5O/c24-17-3-1-2-15(10-17)16-6-9-20(19(25)11-16)31-22-12-21(27)29-23(30-22)28-18-7-4-14(13-26)5-8-18/h1-12H,(H3,27,28,29,30). The molecule has 4 rings (SSSR count). The minimum atomic E-state index is -0.638. The van der Waals surface area contributed by atoms with Crippen LogP contribution < -0.4 is 15.8 Å². The molecule has 0 aliphatic rings. The quantitative estimate of drug-likeness (QED) is 0.452. The molecule has 3 N–H and O–H groups in total. The summed E-state index contributed by atoms with van der Waals surface area (Å²) in [5.41, 5.74) is 8.03. The number of nitrogens with two attached hydrogens (primary N) is 1. The van der Waals surface area contributed by atoms with Crippen LogP contribution >= 0.6 is 0 Å². The molecule has 6 nitrogen and oxygen atoms in total. The molecule has 0 saturated heterocycles. The van der Waals surface area contributed by atoms with Crippen molar-refractivity contribution >= 4 is 17.5 Å². The number of anilines is 3. The van der Waals surface area contributed by atoms with Crippen molar-refractivity contribution in [1.82, 2.24) is 9.97 Å². The van der Waals surface area contributed by atoms with Gasteiger partial charge in [-0.3, -0.25) is 0 Å². The van der Waals surface area contributed by atoms with E-state index in [1.807, 2.05) is 6.07 Å². The minimum absolute atomic E-state index is 0.0426. The molecule has 31 heavy (non-hydrogen) atoms. The Labute approximate surface area is 176 Å². The number of ether oxygens (including phenoxy) is 1. The number of nitrogen functional groups attached to an aromatic ring is 1. The lowest BCUT2D eigenvalue weighted by Crippen LogP contribution is -2.02. The average molecular weight is 415 g/mol. The van der Waals surface area contributed by atoms with Gasteiger partial charge in [-0.2, -0.15) is 15.2 Å². The molecule has 0 unspecified atom stereocenters. The fraction of sp³-hybridized carbons (Fsp3) is 0. The Hall–Kier alpha value is -4.51. The molecule has 0 aliphatic heterocycles. The highest BCUT2D eigenvalue weighted by Gasteiger charge is 2.11. The molecular weight excluding hydrogens is 400 g/mol. The molecule has 0 amide bonds. The van der Waals surface area contributed by atoms with Gasteiger partial charge in [0.15, 0.2) is 11.6 Å². The van der Waals surface area contributed by atoms with E-state index in [9.17, 15) is 8.78 Å². The van der Waals surface area contributed by atoms with Gasteiger partial charge < -0.3 is 15.8 Å². The van der Waals surface area contributed by atoms with Crippen LogP contribution in [0.1, 0.15) is 5.56 Å². The van der Waals surface area contributed by atoms with E-state index in [0.717, 1.165) is 0 Å². The molecule has 8 heteroatoms. The van der Waals surface area contributed by atoms with Crippen LogP contribution in [0.15, 0.2) is 72.8 Å². The third kappa shape index (κ3) is 4.74. The zero-order valence-corrected chi connectivity index (χ0v) is 16.0. The Bertz CT molecular complexity index is 1290. The Kier molecular flexibility index (Phi) is 5.41. The van der Waals surface area contributed by atoms with E-state index in [0.29, 0.717) is 22.4 Å². The second-order valence-corrected chi connectivity index (χ2v) is 6.53. The monoisotopic (exact) mass is 415 g/mol. The van der Waals surface area contributed by atoms with Crippen LogP contribution in [0.3, 0.4) is 0 Å². The lowest BCUT2D eigenvalue weighted by molar-refractivity contribution is 0.428. The second-order valence-electron chi connectivity index (χ2n) is 6.53. The third-order valence-corrected chi connectivity index (χ3v) is 4.30. The fourth-order valence-corrected chi connectivity index (χ4v) is 2.85. The van der Waals surface area contributed by atoms with E-state index in [1.54, 1.807) is 42.5 Å². The number of hydrogen-bond donors (Lipinski definition) is 2. The molecule has 0 spiro atoms. The van der Waals surface area contributed by atoms with Crippen LogP contribution in [-0.2, 0) is 0 Å². The first-order chi connectivity index (χ1) is 15.0. The maximum absolute atomic E-state index is 14.6. The van der Waals surface area contributed by atoms with Gasteiger partial charge in [0.2, 0.25) is 11.8 Å². The van der Waals surface area contributed by atoms with Crippen molar-refractivity contribution in [2.24, 2.45) is 0 Å². The maximum atomic E-state index is 14.6. The molecule has 0 atom stereocenters. The van der Waals surface area contributed by atoms with Crippen molar-refractivity contribution in [3.05, 3.63) is 90.0 Å². The zero-order valence-electron chi connectivity index (χ0n) is 16.0. The number of aromatic nitrogens is 2. The highest BCUT2D eigenvalue weighted by molar-refractivity contribution is 5.64. The Balaban J connectivity index is 1.55. The first-order valence-electron chi connectivity index (χ1n) is 9.15. The van der Waals surface area contributed by atoms with Crippen LogP contribution in [0.25, 0.3) is 11.1 Å². The van der Waals surface area contributed by atoms with E-state index in [2.05, 4.69) is 15.3 Å². The largest absolute Gasteiger partial charge is 0.436 e. The normalized spacial score (nSPS) is 10.4. The summed E-state index contributed by atoms with van der Waals surface area (Å²) >= 11 is 0. The topological polar surface area (TPSA) is 96.9 Å². The van der Waals surface area contributed by atoms with Crippen LogP contribution in [0.5, 0.6) is 11.6 Å². The smallest absolute Gasteiger partial charge is 0.232 e. The Morgan fingerprint density at radius 1 is 0.903 bits per heavy atom. The number of nitrogens with zero attached hydrogens (tertiary/aromatic N) is 3. The van der Waals surface area contributed by atoms with Gasteiger partial charge in [-0.05, 0) is 59.7 Å². The first kappa shape index (κ1) is 19.8. The second kappa shape index (κ2) is 8.47. The van der Waals surface area contributed by atoms with Crippen molar-refractivity contribution in [2.45, 2.75) is 0 Å². The van der Waals surface area contributed by atoms with Gasteiger partial charge in [-0.15, -0.1) is 0 Å². The summed E-state index contributed by atoms with van der Waals surface area (Å²) in [6.45, 7) is 0. The molecule has 1 aromatic heterocycles. The van der Waals surface area contributed by atoms with Crippen LogP contribution in [0.4, 0.5) is 26.2 Å². The van der Waals surface area contributed by atoms with E-state index < -0.39 is 11.6 Å². The van der Waals surface area contributed by atoms with Crippen LogP contribution in [-0.4, -0.2) is 9.97 Å². The fourth-order valence-electron chi connectivity index (χ4n) is 2.85. The summed E-state index contributed by atoms with van der Waals surface area (Å²) in [7, 11) is 0. The highest BCUT2D eigenvalue weighted by Crippen LogP contribution is 2.30. The third-order valence-electron chi connectivity index (χ3n) is 4.30. The summed E-state index contributed by atoms with van der Waals surface area (Å²) in [5.74, 6) is -0.796. The summed E-state index contributed by atoms with van der Waals surface area (Å²) < 4.78 is 33.6. The lowest BCUT2D eigenvalue weighted by atomic mass is 10.1. The molecular formula is C23H15F2N5O. The molecule has 0 bridgehead atoms. The van der Waals surface area contributed by atoms with Crippen molar-refractivity contribution < 1.29 is 13.5 Å². The van der Waals surface area contributed by atoms with Gasteiger partial charge in [0, 0.05) is 11.8 Å². The van der Waals surface area contributed by atoms with Crippen molar-refractivity contribution in [3.63, 3.8) is 0 Å². The van der Waals surface area contributed by atoms with E-state index in [-0.39, 0.29) is 23.4 Å². The van der Waals surface area contributed by atoms with Gasteiger partial charge in [-0.1, -0.05) is 18.2 Å². The van der Waals surface area contributed by atoms with Gasteiger partial charge in [0.05, 0.1) is 11.6 Å².